The molecule has 2 aromatic rings. The maximum atomic E-state index is 9.03. The first-order valence-electron chi connectivity index (χ1n) is 7.12. The molecule has 104 valence electrons. The number of imidazole rings is 1. The Labute approximate surface area is 114 Å². The van der Waals surface area contributed by atoms with E-state index in [4.69, 9.17) is 15.8 Å². The van der Waals surface area contributed by atoms with Gasteiger partial charge in [-0.2, -0.15) is 0 Å². The summed E-state index contributed by atoms with van der Waals surface area (Å²) in [5, 5.41) is 9.03. The molecule has 0 aliphatic carbocycles. The summed E-state index contributed by atoms with van der Waals surface area (Å²) < 4.78 is 2.24. The molecule has 0 spiro atoms. The fraction of sp³-hybridized carbons (Fsp3) is 0.533. The molecule has 0 bridgehead atoms. The summed E-state index contributed by atoms with van der Waals surface area (Å²) >= 11 is 0. The smallest absolute Gasteiger partial charge is 0.109 e. The van der Waals surface area contributed by atoms with E-state index >= 15 is 0 Å². The Morgan fingerprint density at radius 2 is 1.95 bits per heavy atom. The van der Waals surface area contributed by atoms with Crippen molar-refractivity contribution in [2.75, 3.05) is 13.2 Å². The van der Waals surface area contributed by atoms with Gasteiger partial charge in [0.25, 0.3) is 0 Å². The van der Waals surface area contributed by atoms with Crippen molar-refractivity contribution in [3.05, 3.63) is 30.1 Å². The van der Waals surface area contributed by atoms with Crippen molar-refractivity contribution in [3.8, 4) is 0 Å². The van der Waals surface area contributed by atoms with Crippen LogP contribution in [0.25, 0.3) is 11.0 Å². The number of aryl methyl sites for hydroxylation is 2. The average molecular weight is 261 g/mol. The number of aliphatic hydroxyl groups is 1. The number of nitrogens with two attached hydrogens (primary N) is 1. The summed E-state index contributed by atoms with van der Waals surface area (Å²) in [6, 6.07) is 8.21. The number of hydrogen-bond donors (Lipinski definition) is 2. The number of unbranched alkanes of at least 4 members (excludes halogenated alkanes) is 2. The Hall–Kier alpha value is -1.39. The van der Waals surface area contributed by atoms with Crippen LogP contribution in [0.1, 0.15) is 31.5 Å². The lowest BCUT2D eigenvalue weighted by Gasteiger charge is -2.08. The van der Waals surface area contributed by atoms with E-state index in [1.165, 1.54) is 5.52 Å². The maximum absolute atomic E-state index is 9.03. The summed E-state index contributed by atoms with van der Waals surface area (Å²) in [5.74, 6) is 1.13. The van der Waals surface area contributed by atoms with E-state index in [-0.39, 0.29) is 6.61 Å². The zero-order valence-corrected chi connectivity index (χ0v) is 11.4. The molecule has 0 aliphatic heterocycles. The van der Waals surface area contributed by atoms with Gasteiger partial charge in [0.15, 0.2) is 0 Å². The molecule has 0 aliphatic rings. The van der Waals surface area contributed by atoms with Crippen LogP contribution in [0, 0.1) is 0 Å². The lowest BCUT2D eigenvalue weighted by Crippen LogP contribution is -2.06. The third-order valence-electron chi connectivity index (χ3n) is 3.38. The first kappa shape index (κ1) is 14.0. The van der Waals surface area contributed by atoms with Gasteiger partial charge in [-0.3, -0.25) is 0 Å². The van der Waals surface area contributed by atoms with E-state index < -0.39 is 0 Å². The highest BCUT2D eigenvalue weighted by molar-refractivity contribution is 5.75. The Morgan fingerprint density at radius 3 is 2.74 bits per heavy atom. The van der Waals surface area contributed by atoms with E-state index in [1.54, 1.807) is 0 Å². The molecule has 4 heteroatoms. The van der Waals surface area contributed by atoms with Gasteiger partial charge < -0.3 is 15.4 Å². The minimum atomic E-state index is 0.221. The molecule has 3 N–H and O–H groups in total. The standard InChI is InChI=1S/C15H23N3O/c16-10-5-1-2-9-15-17-13-7-3-4-8-14(13)18(15)11-6-12-19/h3-4,7-8,19H,1-2,5-6,9-12,16H2. The van der Waals surface area contributed by atoms with E-state index in [2.05, 4.69) is 10.6 Å². The monoisotopic (exact) mass is 261 g/mol. The lowest BCUT2D eigenvalue weighted by atomic mass is 10.2. The highest BCUT2D eigenvalue weighted by Gasteiger charge is 2.09. The Kier molecular flexibility index (Phi) is 5.36. The number of nitrogens with zero attached hydrogens (tertiary/aromatic N) is 2. The molecule has 4 nitrogen and oxygen atoms in total. The van der Waals surface area contributed by atoms with Gasteiger partial charge in [0.05, 0.1) is 11.0 Å². The summed E-state index contributed by atoms with van der Waals surface area (Å²) in [7, 11) is 0. The average Bonchev–Trinajstić information content (AvgIpc) is 2.79. The van der Waals surface area contributed by atoms with Crippen LogP contribution >= 0.6 is 0 Å². The van der Waals surface area contributed by atoms with Crippen molar-refractivity contribution in [2.24, 2.45) is 5.73 Å². The van der Waals surface area contributed by atoms with Gasteiger partial charge in [-0.25, -0.2) is 4.98 Å². The minimum absolute atomic E-state index is 0.221. The number of fused-ring (bicyclic) bond motifs is 1. The molecule has 2 rings (SSSR count). The largest absolute Gasteiger partial charge is 0.396 e. The van der Waals surface area contributed by atoms with Gasteiger partial charge in [-0.05, 0) is 37.9 Å². The number of aliphatic hydroxyl groups excluding tert-OH is 1. The van der Waals surface area contributed by atoms with Gasteiger partial charge in [0, 0.05) is 19.6 Å². The summed E-state index contributed by atoms with van der Waals surface area (Å²) in [4.78, 5) is 4.71. The van der Waals surface area contributed by atoms with Crippen molar-refractivity contribution in [2.45, 2.75) is 38.6 Å². The molecule has 1 aromatic carbocycles. The zero-order valence-electron chi connectivity index (χ0n) is 11.4. The van der Waals surface area contributed by atoms with Crippen molar-refractivity contribution < 1.29 is 5.11 Å². The molecule has 0 atom stereocenters. The SMILES string of the molecule is NCCCCCc1nc2ccccc2n1CCCO. The molecule has 0 saturated carbocycles. The summed E-state index contributed by atoms with van der Waals surface area (Å²) in [6.45, 7) is 1.82. The van der Waals surface area contributed by atoms with Crippen molar-refractivity contribution in [1.82, 2.24) is 9.55 Å². The van der Waals surface area contributed by atoms with Gasteiger partial charge in [-0.15, -0.1) is 0 Å². The van der Waals surface area contributed by atoms with E-state index in [9.17, 15) is 0 Å². The molecule has 0 radical (unpaired) electrons. The van der Waals surface area contributed by atoms with Crippen molar-refractivity contribution in [3.63, 3.8) is 0 Å². The van der Waals surface area contributed by atoms with Crippen LogP contribution in [0.2, 0.25) is 0 Å². The number of aromatic nitrogens is 2. The van der Waals surface area contributed by atoms with Crippen LogP contribution < -0.4 is 5.73 Å². The Bertz CT molecular complexity index is 507. The van der Waals surface area contributed by atoms with Crippen LogP contribution in [-0.2, 0) is 13.0 Å². The zero-order chi connectivity index (χ0) is 13.5. The predicted octanol–water partition coefficient (Wildman–Crippen LogP) is 2.09. The number of para-hydroxylation sites is 2. The Morgan fingerprint density at radius 1 is 1.11 bits per heavy atom. The minimum Gasteiger partial charge on any atom is -0.396 e. The van der Waals surface area contributed by atoms with Crippen LogP contribution in [0.3, 0.4) is 0 Å². The van der Waals surface area contributed by atoms with Gasteiger partial charge in [0.1, 0.15) is 5.82 Å². The highest BCUT2D eigenvalue weighted by atomic mass is 16.3. The molecule has 0 saturated heterocycles. The predicted molar refractivity (Wildman–Crippen MR) is 78.0 cm³/mol. The van der Waals surface area contributed by atoms with Gasteiger partial charge in [-0.1, -0.05) is 18.6 Å². The molecule has 19 heavy (non-hydrogen) atoms. The second-order valence-corrected chi connectivity index (χ2v) is 4.84. The van der Waals surface area contributed by atoms with Gasteiger partial charge in [0.2, 0.25) is 0 Å². The van der Waals surface area contributed by atoms with Gasteiger partial charge >= 0.3 is 0 Å². The highest BCUT2D eigenvalue weighted by Crippen LogP contribution is 2.18. The molecule has 0 unspecified atom stereocenters. The lowest BCUT2D eigenvalue weighted by molar-refractivity contribution is 0.279. The third kappa shape index (κ3) is 3.55. The van der Waals surface area contributed by atoms with Crippen LogP contribution in [0.15, 0.2) is 24.3 Å². The third-order valence-corrected chi connectivity index (χ3v) is 3.38. The normalized spacial score (nSPS) is 11.3. The number of hydrogen-bond acceptors (Lipinski definition) is 3. The molecule has 0 amide bonds. The summed E-state index contributed by atoms with van der Waals surface area (Å²) in [6.07, 6.45) is 5.12. The van der Waals surface area contributed by atoms with E-state index in [0.29, 0.717) is 0 Å². The fourth-order valence-corrected chi connectivity index (χ4v) is 2.40. The molecule has 1 heterocycles. The van der Waals surface area contributed by atoms with E-state index in [1.807, 2.05) is 18.2 Å². The van der Waals surface area contributed by atoms with Crippen molar-refractivity contribution in [1.29, 1.82) is 0 Å². The first-order chi connectivity index (χ1) is 9.36. The first-order valence-corrected chi connectivity index (χ1v) is 7.12. The molecule has 0 fully saturated rings. The van der Waals surface area contributed by atoms with Crippen LogP contribution in [0.5, 0.6) is 0 Å². The topological polar surface area (TPSA) is 64.1 Å². The van der Waals surface area contributed by atoms with Crippen LogP contribution in [-0.4, -0.2) is 27.8 Å². The quantitative estimate of drug-likeness (QED) is 0.715. The second kappa shape index (κ2) is 7.26. The number of benzene rings is 1. The Balaban J connectivity index is 2.15. The molecule has 1 aromatic heterocycles. The summed E-state index contributed by atoms with van der Waals surface area (Å²) in [5.41, 5.74) is 7.74. The van der Waals surface area contributed by atoms with E-state index in [0.717, 1.165) is 56.5 Å². The maximum Gasteiger partial charge on any atom is 0.109 e. The fourth-order valence-electron chi connectivity index (χ4n) is 2.40. The van der Waals surface area contributed by atoms with Crippen molar-refractivity contribution >= 4 is 11.0 Å². The van der Waals surface area contributed by atoms with Crippen LogP contribution in [0.4, 0.5) is 0 Å². The molecular weight excluding hydrogens is 238 g/mol. The second-order valence-electron chi connectivity index (χ2n) is 4.84. The number of rotatable bonds is 8. The molecular formula is C15H23N3O.